The summed E-state index contributed by atoms with van der Waals surface area (Å²) in [5.41, 5.74) is 1.84. The monoisotopic (exact) mass is 293 g/mol. The van der Waals surface area contributed by atoms with Crippen LogP contribution in [0, 0.1) is 11.6 Å². The second-order valence-corrected chi connectivity index (χ2v) is 5.03. The van der Waals surface area contributed by atoms with Crippen molar-refractivity contribution in [2.24, 2.45) is 0 Å². The van der Waals surface area contributed by atoms with Crippen LogP contribution in [0.1, 0.15) is 37.6 Å². The van der Waals surface area contributed by atoms with Gasteiger partial charge in [0.2, 0.25) is 0 Å². The van der Waals surface area contributed by atoms with Gasteiger partial charge in [-0.05, 0) is 50.1 Å². The minimum absolute atomic E-state index is 0.0391. The van der Waals surface area contributed by atoms with Crippen molar-refractivity contribution in [1.82, 2.24) is 15.1 Å². The van der Waals surface area contributed by atoms with Gasteiger partial charge in [-0.2, -0.15) is 5.10 Å². The molecule has 0 saturated carbocycles. The summed E-state index contributed by atoms with van der Waals surface area (Å²) in [6.07, 6.45) is 3.38. The number of aromatic nitrogens is 2. The first kappa shape index (κ1) is 15.6. The minimum Gasteiger partial charge on any atom is -0.308 e. The Balaban J connectivity index is 2.21. The molecular weight excluding hydrogens is 272 g/mol. The summed E-state index contributed by atoms with van der Waals surface area (Å²) < 4.78 is 28.3. The minimum atomic E-state index is -0.810. The molecule has 0 radical (unpaired) electrons. The summed E-state index contributed by atoms with van der Waals surface area (Å²) in [4.78, 5) is 0. The normalized spacial score (nSPS) is 12.6. The Kier molecular flexibility index (Phi) is 5.44. The molecule has 2 aromatic rings. The number of hydrogen-bond acceptors (Lipinski definition) is 2. The second kappa shape index (κ2) is 7.31. The van der Waals surface area contributed by atoms with E-state index < -0.39 is 11.6 Å². The van der Waals surface area contributed by atoms with Gasteiger partial charge >= 0.3 is 0 Å². The van der Waals surface area contributed by atoms with Crippen LogP contribution >= 0.6 is 0 Å². The Hall–Kier alpha value is -1.75. The van der Waals surface area contributed by atoms with Crippen LogP contribution in [0.25, 0.3) is 0 Å². The Morgan fingerprint density at radius 3 is 2.67 bits per heavy atom. The first-order valence-corrected chi connectivity index (χ1v) is 7.34. The molecule has 1 N–H and O–H groups in total. The largest absolute Gasteiger partial charge is 0.308 e. The lowest BCUT2D eigenvalue weighted by molar-refractivity contribution is 0.474. The fourth-order valence-corrected chi connectivity index (χ4v) is 2.41. The molecule has 0 amide bonds. The zero-order valence-electron chi connectivity index (χ0n) is 12.4. The van der Waals surface area contributed by atoms with Gasteiger partial charge < -0.3 is 5.32 Å². The highest BCUT2D eigenvalue weighted by Gasteiger charge is 2.16. The fourth-order valence-electron chi connectivity index (χ4n) is 2.41. The van der Waals surface area contributed by atoms with Crippen molar-refractivity contribution in [3.05, 3.63) is 53.4 Å². The van der Waals surface area contributed by atoms with Crippen molar-refractivity contribution in [2.45, 2.75) is 39.3 Å². The number of hydrogen-bond donors (Lipinski definition) is 1. The topological polar surface area (TPSA) is 29.9 Å². The van der Waals surface area contributed by atoms with Gasteiger partial charge in [-0.3, -0.25) is 4.68 Å². The molecule has 1 aromatic heterocycles. The average molecular weight is 293 g/mol. The lowest BCUT2D eigenvalue weighted by Gasteiger charge is -2.20. The van der Waals surface area contributed by atoms with Crippen LogP contribution in [0.3, 0.4) is 0 Å². The van der Waals surface area contributed by atoms with E-state index in [1.807, 2.05) is 17.7 Å². The Morgan fingerprint density at radius 1 is 1.19 bits per heavy atom. The van der Waals surface area contributed by atoms with Crippen LogP contribution in [-0.2, 0) is 13.0 Å². The first-order chi connectivity index (χ1) is 10.2. The molecule has 1 aromatic carbocycles. The van der Waals surface area contributed by atoms with Crippen molar-refractivity contribution >= 4 is 0 Å². The summed E-state index contributed by atoms with van der Waals surface area (Å²) in [6, 6.07) is 6.08. The number of nitrogens with zero attached hydrogens (tertiary/aromatic N) is 2. The standard InChI is InChI=1S/C16H21F2N3/c1-3-8-19-15(16-7-9-20-21(16)4-2)11-12-5-6-13(17)14(18)10-12/h5-7,9-10,15,19H,3-4,8,11H2,1-2H3. The smallest absolute Gasteiger partial charge is 0.159 e. The molecule has 3 nitrogen and oxygen atoms in total. The van der Waals surface area contributed by atoms with E-state index in [0.717, 1.165) is 30.8 Å². The van der Waals surface area contributed by atoms with Gasteiger partial charge in [0, 0.05) is 12.7 Å². The van der Waals surface area contributed by atoms with E-state index in [-0.39, 0.29) is 6.04 Å². The molecule has 1 atom stereocenters. The highest BCUT2D eigenvalue weighted by Crippen LogP contribution is 2.20. The van der Waals surface area contributed by atoms with Gasteiger partial charge in [0.05, 0.1) is 11.7 Å². The first-order valence-electron chi connectivity index (χ1n) is 7.34. The zero-order chi connectivity index (χ0) is 15.2. The van der Waals surface area contributed by atoms with Crippen molar-refractivity contribution in [1.29, 1.82) is 0 Å². The molecule has 1 unspecified atom stereocenters. The van der Waals surface area contributed by atoms with Crippen molar-refractivity contribution in [3.8, 4) is 0 Å². The third-order valence-corrected chi connectivity index (χ3v) is 3.47. The van der Waals surface area contributed by atoms with Gasteiger partial charge in [-0.25, -0.2) is 8.78 Å². The molecule has 0 spiro atoms. The lowest BCUT2D eigenvalue weighted by Crippen LogP contribution is -2.26. The molecular formula is C16H21F2N3. The van der Waals surface area contributed by atoms with E-state index >= 15 is 0 Å². The molecule has 0 aliphatic heterocycles. The number of halogens is 2. The van der Waals surface area contributed by atoms with Crippen LogP contribution in [0.4, 0.5) is 8.78 Å². The van der Waals surface area contributed by atoms with Gasteiger partial charge in [0.1, 0.15) is 0 Å². The molecule has 0 aliphatic carbocycles. The predicted molar refractivity (Wildman–Crippen MR) is 79.0 cm³/mol. The molecule has 5 heteroatoms. The summed E-state index contributed by atoms with van der Waals surface area (Å²) in [5.74, 6) is -1.61. The number of rotatable bonds is 7. The van der Waals surface area contributed by atoms with Crippen LogP contribution in [-0.4, -0.2) is 16.3 Å². The fraction of sp³-hybridized carbons (Fsp3) is 0.438. The maximum absolute atomic E-state index is 13.4. The summed E-state index contributed by atoms with van der Waals surface area (Å²) in [7, 11) is 0. The second-order valence-electron chi connectivity index (χ2n) is 5.03. The van der Waals surface area contributed by atoms with Gasteiger partial charge in [0.15, 0.2) is 11.6 Å². The van der Waals surface area contributed by atoms with Crippen LogP contribution in [0.2, 0.25) is 0 Å². The number of benzene rings is 1. The van der Waals surface area contributed by atoms with Crippen LogP contribution < -0.4 is 5.32 Å². The molecule has 114 valence electrons. The van der Waals surface area contributed by atoms with Crippen LogP contribution in [0.5, 0.6) is 0 Å². The molecule has 0 fully saturated rings. The summed E-state index contributed by atoms with van der Waals surface area (Å²) >= 11 is 0. The van der Waals surface area contributed by atoms with Gasteiger partial charge in [-0.15, -0.1) is 0 Å². The number of nitrogens with one attached hydrogen (secondary N) is 1. The third-order valence-electron chi connectivity index (χ3n) is 3.47. The third kappa shape index (κ3) is 3.88. The quantitative estimate of drug-likeness (QED) is 0.847. The Morgan fingerprint density at radius 2 is 2.00 bits per heavy atom. The summed E-state index contributed by atoms with van der Waals surface area (Å²) in [6.45, 7) is 5.78. The predicted octanol–water partition coefficient (Wildman–Crippen LogP) is 3.46. The van der Waals surface area contributed by atoms with Crippen LogP contribution in [0.15, 0.2) is 30.5 Å². The van der Waals surface area contributed by atoms with E-state index in [0.29, 0.717) is 6.42 Å². The van der Waals surface area contributed by atoms with Crippen molar-refractivity contribution in [3.63, 3.8) is 0 Å². The number of aryl methyl sites for hydroxylation is 1. The van der Waals surface area contributed by atoms with Crippen molar-refractivity contribution in [2.75, 3.05) is 6.54 Å². The Labute approximate surface area is 124 Å². The molecule has 2 rings (SSSR count). The summed E-state index contributed by atoms with van der Waals surface area (Å²) in [5, 5.41) is 7.73. The molecule has 0 saturated heterocycles. The van der Waals surface area contributed by atoms with E-state index in [9.17, 15) is 8.78 Å². The average Bonchev–Trinajstić information content (AvgIpc) is 2.95. The lowest BCUT2D eigenvalue weighted by atomic mass is 10.0. The van der Waals surface area contributed by atoms with E-state index in [1.165, 1.54) is 12.1 Å². The zero-order valence-corrected chi connectivity index (χ0v) is 12.4. The van der Waals surface area contributed by atoms with Gasteiger partial charge in [0.25, 0.3) is 0 Å². The van der Waals surface area contributed by atoms with Gasteiger partial charge in [-0.1, -0.05) is 13.0 Å². The molecule has 1 heterocycles. The van der Waals surface area contributed by atoms with E-state index in [4.69, 9.17) is 0 Å². The molecule has 21 heavy (non-hydrogen) atoms. The highest BCUT2D eigenvalue weighted by atomic mass is 19.2. The maximum Gasteiger partial charge on any atom is 0.159 e. The van der Waals surface area contributed by atoms with Crippen molar-refractivity contribution < 1.29 is 8.78 Å². The molecule has 0 aliphatic rings. The highest BCUT2D eigenvalue weighted by molar-refractivity contribution is 5.21. The SMILES string of the molecule is CCCNC(Cc1ccc(F)c(F)c1)c1ccnn1CC. The van der Waals surface area contributed by atoms with E-state index in [2.05, 4.69) is 17.3 Å². The molecule has 0 bridgehead atoms. The Bertz CT molecular complexity index is 581. The van der Waals surface area contributed by atoms with E-state index in [1.54, 1.807) is 12.3 Å². The maximum atomic E-state index is 13.4.